The molecule has 1 saturated carbocycles. The predicted octanol–water partition coefficient (Wildman–Crippen LogP) is 1.95. The van der Waals surface area contributed by atoms with Crippen molar-refractivity contribution in [1.29, 1.82) is 0 Å². The maximum absolute atomic E-state index is 5.89. The highest BCUT2D eigenvalue weighted by atomic mass is 16.5. The number of hydrogen-bond acceptors (Lipinski definition) is 5. The highest BCUT2D eigenvalue weighted by Crippen LogP contribution is 2.31. The van der Waals surface area contributed by atoms with Crippen LogP contribution >= 0.6 is 0 Å². The molecule has 1 fully saturated rings. The van der Waals surface area contributed by atoms with E-state index in [0.29, 0.717) is 19.0 Å². The van der Waals surface area contributed by atoms with Gasteiger partial charge in [0, 0.05) is 6.54 Å². The average molecular weight is 250 g/mol. The summed E-state index contributed by atoms with van der Waals surface area (Å²) in [6, 6.07) is 0. The van der Waals surface area contributed by atoms with Gasteiger partial charge in [-0.1, -0.05) is 19.8 Å². The standard InChI is InChI=1S/C13H22N4O/c1-2-7-18-12-9-15-8-11(16-12)17-13(10-14)5-3-4-6-13/h8-9H,2-7,10,14H2,1H3,(H,16,17). The Labute approximate surface area is 108 Å². The quantitative estimate of drug-likeness (QED) is 0.807. The number of nitrogens with two attached hydrogens (primary N) is 1. The molecule has 0 bridgehead atoms. The van der Waals surface area contributed by atoms with Gasteiger partial charge in [0.2, 0.25) is 5.88 Å². The lowest BCUT2D eigenvalue weighted by molar-refractivity contribution is 0.304. The van der Waals surface area contributed by atoms with Gasteiger partial charge in [0.15, 0.2) is 0 Å². The summed E-state index contributed by atoms with van der Waals surface area (Å²) in [6.07, 6.45) is 9.00. The van der Waals surface area contributed by atoms with Crippen molar-refractivity contribution >= 4 is 5.82 Å². The third-order valence-electron chi connectivity index (χ3n) is 3.41. The van der Waals surface area contributed by atoms with Crippen molar-refractivity contribution in [2.45, 2.75) is 44.6 Å². The monoisotopic (exact) mass is 250 g/mol. The molecule has 1 aliphatic carbocycles. The maximum Gasteiger partial charge on any atom is 0.234 e. The van der Waals surface area contributed by atoms with Crippen molar-refractivity contribution in [2.24, 2.45) is 5.73 Å². The molecule has 0 saturated heterocycles. The molecular weight excluding hydrogens is 228 g/mol. The van der Waals surface area contributed by atoms with Crippen LogP contribution in [0.15, 0.2) is 12.4 Å². The first kappa shape index (κ1) is 13.1. The van der Waals surface area contributed by atoms with Crippen LogP contribution in [0.5, 0.6) is 5.88 Å². The molecule has 18 heavy (non-hydrogen) atoms. The van der Waals surface area contributed by atoms with E-state index in [1.807, 2.05) is 0 Å². The maximum atomic E-state index is 5.89. The van der Waals surface area contributed by atoms with Crippen molar-refractivity contribution in [1.82, 2.24) is 9.97 Å². The van der Waals surface area contributed by atoms with E-state index in [1.165, 1.54) is 12.8 Å². The van der Waals surface area contributed by atoms with Crippen LogP contribution in [0.1, 0.15) is 39.0 Å². The zero-order valence-electron chi connectivity index (χ0n) is 11.0. The lowest BCUT2D eigenvalue weighted by Crippen LogP contribution is -2.43. The van der Waals surface area contributed by atoms with E-state index in [2.05, 4.69) is 22.2 Å². The number of anilines is 1. The summed E-state index contributed by atoms with van der Waals surface area (Å²) in [6.45, 7) is 3.37. The van der Waals surface area contributed by atoms with Crippen LogP contribution in [-0.4, -0.2) is 28.7 Å². The highest BCUT2D eigenvalue weighted by molar-refractivity contribution is 5.37. The molecule has 2 rings (SSSR count). The van der Waals surface area contributed by atoms with Gasteiger partial charge < -0.3 is 15.8 Å². The number of nitrogens with zero attached hydrogens (tertiary/aromatic N) is 2. The summed E-state index contributed by atoms with van der Waals surface area (Å²) >= 11 is 0. The number of nitrogens with one attached hydrogen (secondary N) is 1. The molecule has 3 N–H and O–H groups in total. The Balaban J connectivity index is 2.04. The SMILES string of the molecule is CCCOc1cncc(NC2(CN)CCCC2)n1. The van der Waals surface area contributed by atoms with Gasteiger partial charge in [-0.2, -0.15) is 4.98 Å². The van der Waals surface area contributed by atoms with Gasteiger partial charge in [-0.15, -0.1) is 0 Å². The lowest BCUT2D eigenvalue weighted by Gasteiger charge is -2.29. The molecule has 0 aromatic carbocycles. The molecule has 100 valence electrons. The van der Waals surface area contributed by atoms with Gasteiger partial charge in [0.05, 0.1) is 24.5 Å². The average Bonchev–Trinajstić information content (AvgIpc) is 2.86. The molecule has 0 radical (unpaired) electrons. The van der Waals surface area contributed by atoms with E-state index in [4.69, 9.17) is 10.5 Å². The van der Waals surface area contributed by atoms with Crippen LogP contribution in [0.2, 0.25) is 0 Å². The summed E-state index contributed by atoms with van der Waals surface area (Å²) in [4.78, 5) is 8.57. The number of ether oxygens (including phenoxy) is 1. The van der Waals surface area contributed by atoms with Crippen LogP contribution in [0.3, 0.4) is 0 Å². The van der Waals surface area contributed by atoms with E-state index >= 15 is 0 Å². The zero-order valence-corrected chi connectivity index (χ0v) is 11.0. The van der Waals surface area contributed by atoms with Crippen molar-refractivity contribution in [3.8, 4) is 5.88 Å². The number of aromatic nitrogens is 2. The fraction of sp³-hybridized carbons (Fsp3) is 0.692. The van der Waals surface area contributed by atoms with Crippen molar-refractivity contribution in [3.63, 3.8) is 0 Å². The first-order chi connectivity index (χ1) is 8.78. The highest BCUT2D eigenvalue weighted by Gasteiger charge is 2.32. The van der Waals surface area contributed by atoms with Crippen LogP contribution < -0.4 is 15.8 Å². The van der Waals surface area contributed by atoms with Crippen LogP contribution in [0.4, 0.5) is 5.82 Å². The third-order valence-corrected chi connectivity index (χ3v) is 3.41. The molecule has 0 spiro atoms. The minimum atomic E-state index is -0.00192. The molecule has 0 unspecified atom stereocenters. The summed E-state index contributed by atoms with van der Waals surface area (Å²) in [5.74, 6) is 1.34. The predicted molar refractivity (Wildman–Crippen MR) is 71.7 cm³/mol. The Kier molecular flexibility index (Phi) is 4.36. The molecule has 1 aliphatic rings. The summed E-state index contributed by atoms with van der Waals surface area (Å²) < 4.78 is 5.48. The second kappa shape index (κ2) is 6.00. The molecule has 1 aromatic heterocycles. The Morgan fingerprint density at radius 2 is 2.17 bits per heavy atom. The second-order valence-corrected chi connectivity index (χ2v) is 4.91. The minimum Gasteiger partial charge on any atom is -0.477 e. The van der Waals surface area contributed by atoms with E-state index in [0.717, 1.165) is 25.1 Å². The first-order valence-electron chi connectivity index (χ1n) is 6.71. The molecule has 1 heterocycles. The van der Waals surface area contributed by atoms with Crippen molar-refractivity contribution in [2.75, 3.05) is 18.5 Å². The Morgan fingerprint density at radius 1 is 1.39 bits per heavy atom. The molecular formula is C13H22N4O. The Hall–Kier alpha value is -1.36. The zero-order chi connectivity index (χ0) is 12.8. The fourth-order valence-electron chi connectivity index (χ4n) is 2.39. The molecule has 1 aromatic rings. The minimum absolute atomic E-state index is 0.00192. The summed E-state index contributed by atoms with van der Waals surface area (Å²) in [7, 11) is 0. The topological polar surface area (TPSA) is 73.1 Å². The molecule has 5 nitrogen and oxygen atoms in total. The summed E-state index contributed by atoms with van der Waals surface area (Å²) in [5.41, 5.74) is 5.89. The van der Waals surface area contributed by atoms with E-state index in [1.54, 1.807) is 12.4 Å². The van der Waals surface area contributed by atoms with E-state index in [9.17, 15) is 0 Å². The fourth-order valence-corrected chi connectivity index (χ4v) is 2.39. The lowest BCUT2D eigenvalue weighted by atomic mass is 9.98. The molecule has 0 atom stereocenters. The Morgan fingerprint density at radius 3 is 2.83 bits per heavy atom. The van der Waals surface area contributed by atoms with Gasteiger partial charge in [-0.3, -0.25) is 4.98 Å². The number of hydrogen-bond donors (Lipinski definition) is 2. The van der Waals surface area contributed by atoms with Crippen molar-refractivity contribution in [3.05, 3.63) is 12.4 Å². The van der Waals surface area contributed by atoms with Crippen molar-refractivity contribution < 1.29 is 4.74 Å². The molecule has 0 aliphatic heterocycles. The third kappa shape index (κ3) is 3.10. The normalized spacial score (nSPS) is 17.7. The van der Waals surface area contributed by atoms with Crippen LogP contribution in [0, 0.1) is 0 Å². The largest absolute Gasteiger partial charge is 0.477 e. The smallest absolute Gasteiger partial charge is 0.234 e. The van der Waals surface area contributed by atoms with Gasteiger partial charge in [0.25, 0.3) is 0 Å². The second-order valence-electron chi connectivity index (χ2n) is 4.91. The van der Waals surface area contributed by atoms with Gasteiger partial charge in [-0.25, -0.2) is 0 Å². The molecule has 0 amide bonds. The molecule has 5 heteroatoms. The van der Waals surface area contributed by atoms with Crippen LogP contribution in [0.25, 0.3) is 0 Å². The van der Waals surface area contributed by atoms with Gasteiger partial charge in [-0.05, 0) is 19.3 Å². The van der Waals surface area contributed by atoms with Crippen LogP contribution in [-0.2, 0) is 0 Å². The Bertz CT molecular complexity index is 377. The van der Waals surface area contributed by atoms with E-state index in [-0.39, 0.29) is 5.54 Å². The summed E-state index contributed by atoms with van der Waals surface area (Å²) in [5, 5.41) is 3.44. The van der Waals surface area contributed by atoms with Gasteiger partial charge in [0.1, 0.15) is 5.82 Å². The number of rotatable bonds is 6. The van der Waals surface area contributed by atoms with Gasteiger partial charge >= 0.3 is 0 Å². The van der Waals surface area contributed by atoms with E-state index < -0.39 is 0 Å². The first-order valence-corrected chi connectivity index (χ1v) is 6.71.